The summed E-state index contributed by atoms with van der Waals surface area (Å²) >= 11 is 0. The van der Waals surface area contributed by atoms with Crippen LogP contribution in [0.25, 0.3) is 22.6 Å². The van der Waals surface area contributed by atoms with E-state index in [0.717, 1.165) is 24.3 Å². The summed E-state index contributed by atoms with van der Waals surface area (Å²) in [7, 11) is 1.03. The van der Waals surface area contributed by atoms with Gasteiger partial charge in [0.15, 0.2) is 17.4 Å². The summed E-state index contributed by atoms with van der Waals surface area (Å²) in [6.07, 6.45) is -9.01. The maximum atomic E-state index is 14.3. The van der Waals surface area contributed by atoms with E-state index in [1.807, 2.05) is 0 Å². The Kier molecular flexibility index (Phi) is 6.79. The van der Waals surface area contributed by atoms with Crippen molar-refractivity contribution in [2.45, 2.75) is 24.9 Å². The molecule has 214 valence electrons. The summed E-state index contributed by atoms with van der Waals surface area (Å²) < 4.78 is 118. The Labute approximate surface area is 224 Å². The van der Waals surface area contributed by atoms with Gasteiger partial charge < -0.3 is 14.2 Å². The van der Waals surface area contributed by atoms with Gasteiger partial charge in [-0.15, -0.1) is 0 Å². The molecule has 2 aromatic heterocycles. The summed E-state index contributed by atoms with van der Waals surface area (Å²) in [5, 5.41) is 8.77. The predicted octanol–water partition coefficient (Wildman–Crippen LogP) is 6.11. The molecule has 4 aromatic rings. The normalized spacial score (nSPS) is 14.2. The lowest BCUT2D eigenvalue weighted by Gasteiger charge is -2.26. The van der Waals surface area contributed by atoms with Crippen LogP contribution in [0.15, 0.2) is 52.1 Å². The van der Waals surface area contributed by atoms with E-state index < -0.39 is 58.4 Å². The highest BCUT2D eigenvalue weighted by Crippen LogP contribution is 2.41. The number of esters is 1. The first-order chi connectivity index (χ1) is 19.3. The van der Waals surface area contributed by atoms with E-state index in [9.17, 15) is 39.9 Å². The van der Waals surface area contributed by atoms with E-state index >= 15 is 0 Å². The van der Waals surface area contributed by atoms with Crippen LogP contribution in [0.2, 0.25) is 0 Å². The average Bonchev–Trinajstić information content (AvgIpc) is 3.56. The minimum Gasteiger partial charge on any atom is -0.467 e. The lowest BCUT2D eigenvalue weighted by atomic mass is 10.00. The number of methoxy groups -OCH3 is 1. The number of benzene rings is 2. The zero-order valence-electron chi connectivity index (χ0n) is 20.4. The number of aromatic amines is 1. The number of halogens is 8. The Hall–Kier alpha value is -4.76. The number of carbonyl (C=O) groups is 1. The summed E-state index contributed by atoms with van der Waals surface area (Å²) in [5.74, 6) is -3.57. The molecule has 0 radical (unpaired) electrons. The maximum Gasteiger partial charge on any atom is 0.417 e. The fourth-order valence-electron chi connectivity index (χ4n) is 4.17. The monoisotopic (exact) mass is 585 g/mol. The molecule has 41 heavy (non-hydrogen) atoms. The molecule has 16 heteroatoms. The summed E-state index contributed by atoms with van der Waals surface area (Å²) in [6.45, 7) is -0.195. The first kappa shape index (κ1) is 27.8. The summed E-state index contributed by atoms with van der Waals surface area (Å²) in [5.41, 5.74) is -3.96. The van der Waals surface area contributed by atoms with Crippen LogP contribution < -0.4 is 0 Å². The van der Waals surface area contributed by atoms with Crippen molar-refractivity contribution in [3.05, 3.63) is 82.4 Å². The van der Waals surface area contributed by atoms with Crippen molar-refractivity contribution in [3.8, 4) is 22.6 Å². The molecule has 0 aliphatic carbocycles. The molecular formula is C25H15F8N5O3. The van der Waals surface area contributed by atoms with Crippen LogP contribution in [0.3, 0.4) is 0 Å². The largest absolute Gasteiger partial charge is 0.467 e. The topological polar surface area (TPSA) is 96.6 Å². The maximum absolute atomic E-state index is 14.3. The highest BCUT2D eigenvalue weighted by Gasteiger charge is 2.40. The minimum absolute atomic E-state index is 0.0288. The van der Waals surface area contributed by atoms with Crippen LogP contribution in [-0.2, 0) is 28.4 Å². The Morgan fingerprint density at radius 2 is 1.80 bits per heavy atom. The Morgan fingerprint density at radius 3 is 2.49 bits per heavy atom. The predicted molar refractivity (Wildman–Crippen MR) is 124 cm³/mol. The van der Waals surface area contributed by atoms with Crippen LogP contribution in [0.1, 0.15) is 34.3 Å². The van der Waals surface area contributed by atoms with Gasteiger partial charge in [0.2, 0.25) is 6.04 Å². The fourth-order valence-corrected chi connectivity index (χ4v) is 4.17. The number of hydrazone groups is 1. The second kappa shape index (κ2) is 10.0. The van der Waals surface area contributed by atoms with Crippen LogP contribution in [0.4, 0.5) is 35.1 Å². The van der Waals surface area contributed by atoms with Crippen molar-refractivity contribution < 1.29 is 49.2 Å². The third-order valence-electron chi connectivity index (χ3n) is 6.11. The van der Waals surface area contributed by atoms with Crippen molar-refractivity contribution in [3.63, 3.8) is 0 Å². The molecule has 0 bridgehead atoms. The van der Waals surface area contributed by atoms with Gasteiger partial charge in [-0.1, -0.05) is 17.3 Å². The van der Waals surface area contributed by atoms with Crippen LogP contribution >= 0.6 is 0 Å². The van der Waals surface area contributed by atoms with E-state index in [4.69, 9.17) is 9.26 Å². The molecule has 0 saturated heterocycles. The van der Waals surface area contributed by atoms with Crippen molar-refractivity contribution in [2.75, 3.05) is 7.11 Å². The fraction of sp³-hybridized carbons (Fsp3) is 0.200. The van der Waals surface area contributed by atoms with Gasteiger partial charge in [0.1, 0.15) is 17.2 Å². The second-order valence-electron chi connectivity index (χ2n) is 8.69. The summed E-state index contributed by atoms with van der Waals surface area (Å²) in [6, 6.07) is 3.97. The molecular weight excluding hydrogens is 570 g/mol. The number of nitrogens with zero attached hydrogens (tertiary/aromatic N) is 4. The summed E-state index contributed by atoms with van der Waals surface area (Å²) in [4.78, 5) is 19.7. The molecule has 1 unspecified atom stereocenters. The SMILES string of the molecule is COC(=O)C(c1cc(-c2ccc(C(F)(F)F)cc2C(F)(F)F)no1)N1Cc2[nH]c(-c3cccc(F)c3F)nc2C=N1. The van der Waals surface area contributed by atoms with Gasteiger partial charge in [0.05, 0.1) is 42.3 Å². The molecule has 0 spiro atoms. The van der Waals surface area contributed by atoms with Crippen molar-refractivity contribution in [2.24, 2.45) is 5.10 Å². The lowest BCUT2D eigenvalue weighted by Crippen LogP contribution is -2.32. The van der Waals surface area contributed by atoms with Crippen molar-refractivity contribution >= 4 is 12.2 Å². The number of H-pyrrole nitrogens is 1. The number of carbonyl (C=O) groups excluding carboxylic acids is 1. The highest BCUT2D eigenvalue weighted by molar-refractivity contribution is 5.82. The molecule has 1 aliphatic heterocycles. The lowest BCUT2D eigenvalue weighted by molar-refractivity contribution is -0.148. The molecule has 0 saturated carbocycles. The molecule has 1 N–H and O–H groups in total. The average molecular weight is 585 g/mol. The number of rotatable bonds is 5. The van der Waals surface area contributed by atoms with Gasteiger partial charge in [-0.3, -0.25) is 5.01 Å². The van der Waals surface area contributed by atoms with Crippen LogP contribution in [0.5, 0.6) is 0 Å². The van der Waals surface area contributed by atoms with Crippen LogP contribution in [-0.4, -0.2) is 39.4 Å². The number of hydrogen-bond acceptors (Lipinski definition) is 7. The smallest absolute Gasteiger partial charge is 0.417 e. The molecule has 2 aromatic carbocycles. The van der Waals surface area contributed by atoms with Gasteiger partial charge in [-0.05, 0) is 24.3 Å². The van der Waals surface area contributed by atoms with Gasteiger partial charge >= 0.3 is 18.3 Å². The van der Waals surface area contributed by atoms with Crippen molar-refractivity contribution in [1.82, 2.24) is 20.1 Å². The molecule has 3 heterocycles. The van der Waals surface area contributed by atoms with E-state index in [-0.39, 0.29) is 35.5 Å². The number of alkyl halides is 6. The number of fused-ring (bicyclic) bond motifs is 1. The van der Waals surface area contributed by atoms with E-state index in [1.54, 1.807) is 0 Å². The number of ether oxygens (including phenoxy) is 1. The number of nitrogens with one attached hydrogen (secondary N) is 1. The van der Waals surface area contributed by atoms with Gasteiger partial charge in [-0.25, -0.2) is 18.6 Å². The Balaban J connectivity index is 1.48. The number of imidazole rings is 1. The molecule has 0 fully saturated rings. The minimum atomic E-state index is -5.18. The molecule has 5 rings (SSSR count). The van der Waals surface area contributed by atoms with Crippen molar-refractivity contribution in [1.29, 1.82) is 0 Å². The molecule has 1 aliphatic rings. The molecule has 8 nitrogen and oxygen atoms in total. The molecule has 1 atom stereocenters. The quantitative estimate of drug-likeness (QED) is 0.224. The Bertz CT molecular complexity index is 1660. The van der Waals surface area contributed by atoms with Gasteiger partial charge in [0, 0.05) is 11.6 Å². The zero-order valence-corrected chi connectivity index (χ0v) is 20.4. The zero-order chi connectivity index (χ0) is 29.7. The third kappa shape index (κ3) is 5.24. The number of aromatic nitrogens is 3. The highest BCUT2D eigenvalue weighted by atomic mass is 19.4. The van der Waals surface area contributed by atoms with E-state index in [1.165, 1.54) is 18.3 Å². The van der Waals surface area contributed by atoms with E-state index in [2.05, 4.69) is 20.2 Å². The van der Waals surface area contributed by atoms with Gasteiger partial charge in [-0.2, -0.15) is 31.4 Å². The van der Waals surface area contributed by atoms with Crippen LogP contribution in [0, 0.1) is 11.6 Å². The third-order valence-corrected chi connectivity index (χ3v) is 6.11. The molecule has 0 amide bonds. The standard InChI is InChI=1S/C25H15F8N5O3/c1-40-23(39)21(38-10-18-17(9-34-38)35-22(36-18)13-3-2-4-15(26)20(13)27)19-8-16(37-41-19)12-6-5-11(24(28,29)30)7-14(12)25(31,32)33/h2-9,21H,10H2,1H3,(H,35,36). The first-order valence-corrected chi connectivity index (χ1v) is 11.4. The second-order valence-corrected chi connectivity index (χ2v) is 8.69. The number of hydrogen-bond donors (Lipinski definition) is 1. The Morgan fingerprint density at radius 1 is 1.05 bits per heavy atom. The van der Waals surface area contributed by atoms with E-state index in [0.29, 0.717) is 17.8 Å². The van der Waals surface area contributed by atoms with Gasteiger partial charge in [0.25, 0.3) is 0 Å². The first-order valence-electron chi connectivity index (χ1n) is 11.4.